The molecule has 1 aliphatic carbocycles. The van der Waals surface area contributed by atoms with Gasteiger partial charge in [-0.2, -0.15) is 0 Å². The molecule has 1 heterocycles. The molecule has 1 aliphatic rings. The number of carboxylic acid groups (broad SMARTS) is 1. The molecule has 0 bridgehead atoms. The minimum absolute atomic E-state index is 0.0730. The van der Waals surface area contributed by atoms with Crippen LogP contribution in [0.25, 0.3) is 22.2 Å². The van der Waals surface area contributed by atoms with Crippen molar-refractivity contribution in [3.63, 3.8) is 0 Å². The van der Waals surface area contributed by atoms with E-state index < -0.39 is 5.97 Å². The first kappa shape index (κ1) is 24.2. The standard InChI is InChI=1S/C29H28ClNO5/c1-18(13-14-34-26-11-9-20(16-24(26)30)17-27(32)33)35-25-12-10-22-28(21-5-3-2-4-6-21)31-36-29(22)23(25)15-19-7-8-19/h2-6,9-12,16,18-19H,7-8,13-15,17H2,1H3,(H,32,33). The molecule has 1 N–H and O–H groups in total. The average Bonchev–Trinajstić information content (AvgIpc) is 3.57. The van der Waals surface area contributed by atoms with Crippen molar-refractivity contribution in [2.75, 3.05) is 6.61 Å². The van der Waals surface area contributed by atoms with Crippen molar-refractivity contribution in [1.82, 2.24) is 5.16 Å². The molecule has 0 amide bonds. The Balaban J connectivity index is 1.27. The maximum absolute atomic E-state index is 10.9. The highest BCUT2D eigenvalue weighted by atomic mass is 35.5. The molecule has 1 atom stereocenters. The highest BCUT2D eigenvalue weighted by Crippen LogP contribution is 2.41. The van der Waals surface area contributed by atoms with Crippen LogP contribution in [0, 0.1) is 5.92 Å². The lowest BCUT2D eigenvalue weighted by molar-refractivity contribution is -0.136. The Bertz CT molecular complexity index is 1360. The van der Waals surface area contributed by atoms with Gasteiger partial charge in [-0.1, -0.05) is 53.2 Å². The van der Waals surface area contributed by atoms with E-state index in [1.807, 2.05) is 49.4 Å². The molecule has 0 saturated heterocycles. The molecule has 0 spiro atoms. The molecular weight excluding hydrogens is 478 g/mol. The zero-order valence-corrected chi connectivity index (χ0v) is 20.8. The molecule has 7 heteroatoms. The van der Waals surface area contributed by atoms with Gasteiger partial charge in [0.15, 0.2) is 5.58 Å². The van der Waals surface area contributed by atoms with Crippen molar-refractivity contribution in [1.29, 1.82) is 0 Å². The van der Waals surface area contributed by atoms with Crippen molar-refractivity contribution in [2.45, 2.75) is 45.1 Å². The first-order valence-corrected chi connectivity index (χ1v) is 12.6. The van der Waals surface area contributed by atoms with E-state index in [1.165, 1.54) is 12.8 Å². The van der Waals surface area contributed by atoms with E-state index in [4.69, 9.17) is 30.7 Å². The fourth-order valence-electron chi connectivity index (χ4n) is 4.32. The van der Waals surface area contributed by atoms with Crippen molar-refractivity contribution >= 4 is 28.5 Å². The number of fused-ring (bicyclic) bond motifs is 1. The summed E-state index contributed by atoms with van der Waals surface area (Å²) in [5.74, 6) is 1.12. The maximum atomic E-state index is 10.9. The van der Waals surface area contributed by atoms with E-state index in [0.717, 1.165) is 40.0 Å². The second-order valence-electron chi connectivity index (χ2n) is 9.36. The third-order valence-electron chi connectivity index (χ3n) is 6.40. The minimum Gasteiger partial charge on any atom is -0.492 e. The number of hydrogen-bond donors (Lipinski definition) is 1. The number of rotatable bonds is 11. The molecule has 5 rings (SSSR count). The number of carboxylic acids is 1. The molecule has 1 aromatic heterocycles. The summed E-state index contributed by atoms with van der Waals surface area (Å²) < 4.78 is 18.1. The van der Waals surface area contributed by atoms with Gasteiger partial charge < -0.3 is 19.1 Å². The van der Waals surface area contributed by atoms with Gasteiger partial charge in [0.1, 0.15) is 17.2 Å². The molecule has 0 aliphatic heterocycles. The van der Waals surface area contributed by atoms with Crippen LogP contribution in [-0.2, 0) is 17.6 Å². The number of nitrogens with zero attached hydrogens (tertiary/aromatic N) is 1. The van der Waals surface area contributed by atoms with Crippen LogP contribution in [0.1, 0.15) is 37.3 Å². The Morgan fingerprint density at radius 1 is 1.14 bits per heavy atom. The molecule has 1 fully saturated rings. The van der Waals surface area contributed by atoms with Gasteiger partial charge in [0, 0.05) is 17.5 Å². The third kappa shape index (κ3) is 5.65. The fraction of sp³-hybridized carbons (Fsp3) is 0.310. The van der Waals surface area contributed by atoms with Crippen LogP contribution < -0.4 is 9.47 Å². The number of ether oxygens (including phenoxy) is 2. The predicted molar refractivity (Wildman–Crippen MR) is 139 cm³/mol. The van der Waals surface area contributed by atoms with E-state index in [0.29, 0.717) is 35.3 Å². The van der Waals surface area contributed by atoms with Crippen LogP contribution in [0.3, 0.4) is 0 Å². The summed E-state index contributed by atoms with van der Waals surface area (Å²) in [5.41, 5.74) is 4.40. The largest absolute Gasteiger partial charge is 0.492 e. The van der Waals surface area contributed by atoms with E-state index in [1.54, 1.807) is 18.2 Å². The lowest BCUT2D eigenvalue weighted by Crippen LogP contribution is -2.17. The van der Waals surface area contributed by atoms with E-state index >= 15 is 0 Å². The molecule has 0 radical (unpaired) electrons. The monoisotopic (exact) mass is 505 g/mol. The van der Waals surface area contributed by atoms with Crippen LogP contribution in [0.4, 0.5) is 0 Å². The molecule has 186 valence electrons. The number of hydrogen-bond acceptors (Lipinski definition) is 5. The second-order valence-corrected chi connectivity index (χ2v) is 9.77. The van der Waals surface area contributed by atoms with Crippen LogP contribution in [-0.4, -0.2) is 28.9 Å². The number of carbonyl (C=O) groups is 1. The van der Waals surface area contributed by atoms with Crippen LogP contribution >= 0.6 is 11.6 Å². The zero-order chi connectivity index (χ0) is 25.1. The Morgan fingerprint density at radius 2 is 1.92 bits per heavy atom. The highest BCUT2D eigenvalue weighted by molar-refractivity contribution is 6.32. The first-order valence-electron chi connectivity index (χ1n) is 12.2. The van der Waals surface area contributed by atoms with Crippen molar-refractivity contribution in [3.05, 3.63) is 76.8 Å². The van der Waals surface area contributed by atoms with Gasteiger partial charge in [0.2, 0.25) is 0 Å². The highest BCUT2D eigenvalue weighted by Gasteiger charge is 2.27. The molecular formula is C29H28ClNO5. The zero-order valence-electron chi connectivity index (χ0n) is 20.1. The number of halogens is 1. The summed E-state index contributed by atoms with van der Waals surface area (Å²) in [6, 6.07) is 19.2. The van der Waals surface area contributed by atoms with Crippen LogP contribution in [0.2, 0.25) is 5.02 Å². The quantitative estimate of drug-likeness (QED) is 0.237. The summed E-state index contributed by atoms with van der Waals surface area (Å²) in [5, 5.41) is 14.7. The van der Waals surface area contributed by atoms with Gasteiger partial charge in [-0.15, -0.1) is 0 Å². The normalized spacial score (nSPS) is 14.1. The Morgan fingerprint density at radius 3 is 2.64 bits per heavy atom. The Labute approximate surface area is 214 Å². The predicted octanol–water partition coefficient (Wildman–Crippen LogP) is 6.96. The molecule has 6 nitrogen and oxygen atoms in total. The molecule has 1 saturated carbocycles. The molecule has 36 heavy (non-hydrogen) atoms. The van der Waals surface area contributed by atoms with Crippen molar-refractivity contribution < 1.29 is 23.9 Å². The average molecular weight is 506 g/mol. The van der Waals surface area contributed by atoms with Gasteiger partial charge in [-0.05, 0) is 61.9 Å². The van der Waals surface area contributed by atoms with E-state index in [-0.39, 0.29) is 12.5 Å². The molecule has 4 aromatic rings. The maximum Gasteiger partial charge on any atom is 0.307 e. The summed E-state index contributed by atoms with van der Waals surface area (Å²) in [6.07, 6.45) is 3.85. The van der Waals surface area contributed by atoms with Crippen LogP contribution in [0.5, 0.6) is 11.5 Å². The summed E-state index contributed by atoms with van der Waals surface area (Å²) in [4.78, 5) is 10.9. The lowest BCUT2D eigenvalue weighted by atomic mass is 10.0. The Hall–Kier alpha value is -3.51. The fourth-order valence-corrected chi connectivity index (χ4v) is 4.57. The van der Waals surface area contributed by atoms with Crippen molar-refractivity contribution in [2.24, 2.45) is 5.92 Å². The summed E-state index contributed by atoms with van der Waals surface area (Å²) in [6.45, 7) is 2.43. The number of aliphatic carboxylic acids is 1. The first-order chi connectivity index (χ1) is 17.5. The second kappa shape index (κ2) is 10.6. The number of aromatic nitrogens is 1. The minimum atomic E-state index is -0.897. The van der Waals surface area contributed by atoms with Gasteiger partial charge >= 0.3 is 5.97 Å². The lowest BCUT2D eigenvalue weighted by Gasteiger charge is -2.18. The van der Waals surface area contributed by atoms with Gasteiger partial charge in [-0.3, -0.25) is 4.79 Å². The molecule has 3 aromatic carbocycles. The topological polar surface area (TPSA) is 81.8 Å². The third-order valence-corrected chi connectivity index (χ3v) is 6.69. The van der Waals surface area contributed by atoms with E-state index in [2.05, 4.69) is 5.16 Å². The Kier molecular flexibility index (Phi) is 7.14. The SMILES string of the molecule is CC(CCOc1ccc(CC(=O)O)cc1Cl)Oc1ccc2c(-c3ccccc3)noc2c1CC1CC1. The van der Waals surface area contributed by atoms with Gasteiger partial charge in [0.05, 0.1) is 29.5 Å². The van der Waals surface area contributed by atoms with Gasteiger partial charge in [0.25, 0.3) is 0 Å². The van der Waals surface area contributed by atoms with Crippen molar-refractivity contribution in [3.8, 4) is 22.8 Å². The van der Waals surface area contributed by atoms with Gasteiger partial charge in [-0.25, -0.2) is 0 Å². The summed E-state index contributed by atoms with van der Waals surface area (Å²) >= 11 is 6.27. The summed E-state index contributed by atoms with van der Waals surface area (Å²) in [7, 11) is 0. The van der Waals surface area contributed by atoms with Crippen LogP contribution in [0.15, 0.2) is 65.2 Å². The molecule has 1 unspecified atom stereocenters. The number of benzene rings is 3. The van der Waals surface area contributed by atoms with E-state index in [9.17, 15) is 4.79 Å². The smallest absolute Gasteiger partial charge is 0.307 e.